The molecule has 0 saturated heterocycles. The molecule has 3 aromatic carbocycles. The number of benzene rings is 3. The monoisotopic (exact) mass is 1600 g/mol. The van der Waals surface area contributed by atoms with E-state index in [1.165, 1.54) is 226 Å². The molecule has 0 amide bonds. The molecular formula is C79H135Cl9O2Si6. The fourth-order valence-corrected chi connectivity index (χ4v) is 25.4. The highest BCUT2D eigenvalue weighted by atomic mass is 35.8. The second-order valence-electron chi connectivity index (χ2n) is 33.3. The molecule has 9 rings (SSSR count). The number of rotatable bonds is 27. The summed E-state index contributed by atoms with van der Waals surface area (Å²) in [5.41, 5.74) is 14.8. The van der Waals surface area contributed by atoms with Crippen LogP contribution in [0.15, 0.2) is 49.1 Å². The number of hydrogen-bond acceptors (Lipinski definition) is 2. The molecule has 3 fully saturated rings. The van der Waals surface area contributed by atoms with E-state index < -0.39 is 42.7 Å². The van der Waals surface area contributed by atoms with Crippen molar-refractivity contribution in [2.24, 2.45) is 29.6 Å². The van der Waals surface area contributed by atoms with Gasteiger partial charge in [0.15, 0.2) is 0 Å². The molecule has 0 bridgehead atoms. The second kappa shape index (κ2) is 42.9. The lowest BCUT2D eigenvalue weighted by Gasteiger charge is -2.37. The van der Waals surface area contributed by atoms with E-state index in [0.717, 1.165) is 72.5 Å². The van der Waals surface area contributed by atoms with Crippen LogP contribution in [0, 0.1) is 57.3 Å². The molecule has 0 radical (unpaired) electrons. The van der Waals surface area contributed by atoms with Crippen molar-refractivity contribution < 1.29 is 8.85 Å². The minimum atomic E-state index is -2.31. The van der Waals surface area contributed by atoms with Gasteiger partial charge in [-0.15, -0.1) is 106 Å². The van der Waals surface area contributed by atoms with E-state index in [-0.39, 0.29) is 5.04 Å². The van der Waals surface area contributed by atoms with Gasteiger partial charge in [0, 0.05) is 0 Å². The lowest BCUT2D eigenvalue weighted by atomic mass is 9.97. The van der Waals surface area contributed by atoms with E-state index in [4.69, 9.17) is 109 Å². The van der Waals surface area contributed by atoms with Gasteiger partial charge in [-0.05, 0) is 258 Å². The molecule has 2 nitrogen and oxygen atoms in total. The number of aryl methyl sites for hydroxylation is 3. The van der Waals surface area contributed by atoms with E-state index >= 15 is 0 Å². The maximum absolute atomic E-state index is 6.63. The van der Waals surface area contributed by atoms with Crippen molar-refractivity contribution in [2.75, 3.05) is 0 Å². The van der Waals surface area contributed by atoms with Crippen LogP contribution in [-0.2, 0) is 32.1 Å². The molecule has 3 aromatic rings. The van der Waals surface area contributed by atoms with Gasteiger partial charge in [-0.25, -0.2) is 0 Å². The Hall–Kier alpha value is 0.911. The molecular weight excluding hydrogens is 1470 g/mol. The number of hydrogen-bond donors (Lipinski definition) is 0. The van der Waals surface area contributed by atoms with Crippen LogP contribution in [0.3, 0.4) is 0 Å². The molecule has 0 aromatic heterocycles. The summed E-state index contributed by atoms with van der Waals surface area (Å²) in [6.07, 6.45) is 43.3. The first-order chi connectivity index (χ1) is 44.7. The summed E-state index contributed by atoms with van der Waals surface area (Å²) in [6.45, 7) is 34.4. The molecule has 3 saturated carbocycles. The molecule has 0 spiro atoms. The molecule has 3 unspecified atom stereocenters. The molecule has 6 aliphatic rings. The standard InChI is InChI=1S/C20H32OSi.C18H30OSi.C13H18Cl2Si.C11H22Cl2Si.C9H18Cl2Si.C8H15Cl3Si/c1-7-8-9-10-11-22(5,6)21-20-16(3)14-18-12-15(2)13-19(18)17(20)4;1-12-9-15-11-13(2)17(14(3)16(15)10-12)19-20(7,8)18(4,5)6;1-16(14,15)10-4-6-12-9-8-11-5-2-3-7-13(11)12;1-14(12,13)10-6-2-3-7-11-8-4-5-9-11;1-12(10,11)8-4-7-9-5-2-3-6-9;9-12(10,11)7-3-6-8-4-1-2-5-8/h7,14-15H,1,8-13H2,2-6H3;11-12H,9-10H2,1-8H3;2-3,5,7,12H,4,6,8-10H2,1H3;11H,2-10H2,1H3;9H,2-8H2,1H3;8H,1-7H2. The first-order valence-corrected chi connectivity index (χ1v) is 63.6. The van der Waals surface area contributed by atoms with E-state index in [1.54, 1.807) is 33.4 Å². The summed E-state index contributed by atoms with van der Waals surface area (Å²) >= 11 is 53.7. The van der Waals surface area contributed by atoms with E-state index in [0.29, 0.717) is 0 Å². The van der Waals surface area contributed by atoms with Gasteiger partial charge in [0.25, 0.3) is 8.32 Å². The largest absolute Gasteiger partial charge is 0.544 e. The van der Waals surface area contributed by atoms with Crippen molar-refractivity contribution in [1.29, 1.82) is 0 Å². The number of unbranched alkanes of at least 4 members (excludes halogenated alkanes) is 4. The third kappa shape index (κ3) is 35.3. The number of halogens is 9. The number of fused-ring (bicyclic) bond motifs is 3. The van der Waals surface area contributed by atoms with E-state index in [1.807, 2.05) is 25.7 Å². The first kappa shape index (κ1) is 89.3. The minimum absolute atomic E-state index is 0.248. The van der Waals surface area contributed by atoms with Crippen LogP contribution in [0.5, 0.6) is 11.5 Å². The molecule has 0 aliphatic heterocycles. The first-order valence-electron chi connectivity index (χ1n) is 38.2. The fourth-order valence-electron chi connectivity index (χ4n) is 15.4. The van der Waals surface area contributed by atoms with Crippen molar-refractivity contribution in [3.8, 4) is 11.5 Å². The average molecular weight is 1600 g/mol. The average Bonchev–Trinajstić information content (AvgIpc) is 1.51. The molecule has 550 valence electrons. The maximum atomic E-state index is 6.63. The molecule has 96 heavy (non-hydrogen) atoms. The highest BCUT2D eigenvalue weighted by Gasteiger charge is 2.40. The van der Waals surface area contributed by atoms with Crippen LogP contribution in [0.1, 0.15) is 263 Å². The van der Waals surface area contributed by atoms with Crippen LogP contribution in [-0.4, -0.2) is 42.7 Å². The van der Waals surface area contributed by atoms with Crippen LogP contribution in [0.2, 0.25) is 81.1 Å². The lowest BCUT2D eigenvalue weighted by Crippen LogP contribution is -2.44. The van der Waals surface area contributed by atoms with Gasteiger partial charge in [0.05, 0.1) is 0 Å². The summed E-state index contributed by atoms with van der Waals surface area (Å²) in [4.78, 5) is 0. The van der Waals surface area contributed by atoms with E-state index in [2.05, 4.69) is 131 Å². The summed E-state index contributed by atoms with van der Waals surface area (Å²) in [6, 6.07) is 16.5. The molecule has 17 heteroatoms. The summed E-state index contributed by atoms with van der Waals surface area (Å²) < 4.78 is 13.2. The Morgan fingerprint density at radius 3 is 1.31 bits per heavy atom. The zero-order chi connectivity index (χ0) is 71.7. The molecule has 3 atom stereocenters. The third-order valence-corrected chi connectivity index (χ3v) is 38.3. The van der Waals surface area contributed by atoms with Gasteiger partial charge in [-0.1, -0.05) is 218 Å². The Bertz CT molecular complexity index is 2690. The fraction of sp³-hybridized carbons (Fsp3) is 0.747. The Morgan fingerprint density at radius 1 is 0.469 bits per heavy atom. The van der Waals surface area contributed by atoms with Crippen LogP contribution >= 0.6 is 99.7 Å². The minimum Gasteiger partial charge on any atom is -0.544 e. The van der Waals surface area contributed by atoms with Gasteiger partial charge in [0.1, 0.15) is 11.5 Å². The predicted octanol–water partition coefficient (Wildman–Crippen LogP) is 30.9. The number of allylic oxidation sites excluding steroid dienone is 1. The zero-order valence-electron chi connectivity index (χ0n) is 63.4. The lowest BCUT2D eigenvalue weighted by molar-refractivity contribution is 0.471. The smallest absolute Gasteiger partial charge is 0.341 e. The highest BCUT2D eigenvalue weighted by Crippen LogP contribution is 2.44. The Labute approximate surface area is 639 Å². The highest BCUT2D eigenvalue weighted by molar-refractivity contribution is 7.64. The molecule has 0 N–H and O–H groups in total. The van der Waals surface area contributed by atoms with Gasteiger partial charge in [0.2, 0.25) is 28.4 Å². The second-order valence-corrected chi connectivity index (χ2v) is 76.2. The van der Waals surface area contributed by atoms with Gasteiger partial charge in [-0.2, -0.15) is 0 Å². The Kier molecular flexibility index (Phi) is 39.9. The predicted molar refractivity (Wildman–Crippen MR) is 452 cm³/mol. The maximum Gasteiger partial charge on any atom is 0.341 e. The molecule has 0 heterocycles. The third-order valence-electron chi connectivity index (χ3n) is 22.0. The van der Waals surface area contributed by atoms with Crippen molar-refractivity contribution in [1.82, 2.24) is 0 Å². The van der Waals surface area contributed by atoms with Crippen LogP contribution in [0.25, 0.3) is 0 Å². The Balaban J connectivity index is 0.000000249. The van der Waals surface area contributed by atoms with Crippen LogP contribution in [0.4, 0.5) is 0 Å². The van der Waals surface area contributed by atoms with Crippen molar-refractivity contribution in [2.45, 2.75) is 348 Å². The zero-order valence-corrected chi connectivity index (χ0v) is 76.2. The molecule has 6 aliphatic carbocycles. The Morgan fingerprint density at radius 2 is 0.875 bits per heavy atom. The topological polar surface area (TPSA) is 18.5 Å². The van der Waals surface area contributed by atoms with Crippen LogP contribution < -0.4 is 8.85 Å². The van der Waals surface area contributed by atoms with Gasteiger partial charge >= 0.3 is 6.00 Å². The van der Waals surface area contributed by atoms with Crippen molar-refractivity contribution in [3.63, 3.8) is 0 Å². The summed E-state index contributed by atoms with van der Waals surface area (Å²) in [5.74, 6) is 7.66. The normalized spacial score (nSPS) is 19.1. The van der Waals surface area contributed by atoms with E-state index in [9.17, 15) is 0 Å². The summed E-state index contributed by atoms with van der Waals surface area (Å²) in [7, 11) is -3.40. The van der Waals surface area contributed by atoms with Gasteiger partial charge in [-0.3, -0.25) is 0 Å². The van der Waals surface area contributed by atoms with Crippen molar-refractivity contribution >= 4 is 142 Å². The summed E-state index contributed by atoms with van der Waals surface area (Å²) in [5, 5.41) is 0.248. The quantitative estimate of drug-likeness (QED) is 0.0328. The SMILES string of the molecule is C=CCCCC[Si](C)(C)Oc1c(C)cc2c(c1C)CC(C)C2.C[Si](Cl)(Cl)CCCC1CCCC1.C[Si](Cl)(Cl)CCCC1CCc2ccccc21.C[Si](Cl)(Cl)CCCCCC1CCCC1.Cc1cc2c(c(C)c1O[Si](C)(C)C(C)(C)C)CC(C)C2.Cl[Si](Cl)(Cl)CCCC1CCCC1. The van der Waals surface area contributed by atoms with Crippen molar-refractivity contribution in [3.05, 3.63) is 105 Å². The van der Waals surface area contributed by atoms with Gasteiger partial charge < -0.3 is 8.85 Å².